The van der Waals surface area contributed by atoms with Crippen molar-refractivity contribution in [1.82, 2.24) is 5.32 Å². The van der Waals surface area contributed by atoms with Crippen molar-refractivity contribution in [3.8, 4) is 0 Å². The molecule has 0 amide bonds. The molecule has 0 fully saturated rings. The third-order valence-corrected chi connectivity index (χ3v) is 2.73. The largest absolute Gasteiger partial charge is 0.416 e. The molecule has 0 saturated heterocycles. The van der Waals surface area contributed by atoms with Gasteiger partial charge in [0.15, 0.2) is 0 Å². The summed E-state index contributed by atoms with van der Waals surface area (Å²) in [6.45, 7) is 3.83. The van der Waals surface area contributed by atoms with E-state index in [1.165, 1.54) is 12.1 Å². The van der Waals surface area contributed by atoms with E-state index in [1.54, 1.807) is 6.07 Å². The molecule has 0 aliphatic heterocycles. The fourth-order valence-electron chi connectivity index (χ4n) is 1.41. The van der Waals surface area contributed by atoms with E-state index in [4.69, 9.17) is 5.73 Å². The Labute approximate surface area is 99.0 Å². The van der Waals surface area contributed by atoms with Crippen LogP contribution in [0.2, 0.25) is 0 Å². The van der Waals surface area contributed by atoms with Crippen molar-refractivity contribution in [3.05, 3.63) is 35.4 Å². The van der Waals surface area contributed by atoms with E-state index in [9.17, 15) is 13.2 Å². The van der Waals surface area contributed by atoms with E-state index in [0.29, 0.717) is 0 Å². The average molecular weight is 246 g/mol. The van der Waals surface area contributed by atoms with Crippen LogP contribution in [0.4, 0.5) is 13.2 Å². The highest BCUT2D eigenvalue weighted by Gasteiger charge is 2.32. The number of benzene rings is 1. The first-order chi connectivity index (χ1) is 7.82. The first-order valence-corrected chi connectivity index (χ1v) is 5.46. The Bertz CT molecular complexity index is 361. The van der Waals surface area contributed by atoms with Crippen molar-refractivity contribution in [2.45, 2.75) is 38.7 Å². The number of halogens is 3. The van der Waals surface area contributed by atoms with Crippen LogP contribution in [0.3, 0.4) is 0 Å². The van der Waals surface area contributed by atoms with Crippen LogP contribution in [-0.2, 0) is 12.7 Å². The summed E-state index contributed by atoms with van der Waals surface area (Å²) in [6.07, 6.45) is -4.31. The number of alkyl halides is 3. The summed E-state index contributed by atoms with van der Waals surface area (Å²) >= 11 is 0. The maximum absolute atomic E-state index is 12.7. The molecule has 0 aliphatic carbocycles. The Kier molecular flexibility index (Phi) is 4.54. The molecule has 1 rings (SSSR count). The summed E-state index contributed by atoms with van der Waals surface area (Å²) in [5, 5.41) is 2.99. The second-order valence-electron chi connectivity index (χ2n) is 4.18. The molecule has 0 aliphatic rings. The van der Waals surface area contributed by atoms with E-state index < -0.39 is 11.7 Å². The van der Waals surface area contributed by atoms with E-state index in [1.807, 2.05) is 13.8 Å². The van der Waals surface area contributed by atoms with Gasteiger partial charge in [0.05, 0.1) is 5.56 Å². The Hall–Kier alpha value is -1.07. The third kappa shape index (κ3) is 4.02. The minimum atomic E-state index is -4.31. The second-order valence-corrected chi connectivity index (χ2v) is 4.18. The SMILES string of the molecule is CC(N)C(C)NCc1ccccc1C(F)(F)F. The molecule has 17 heavy (non-hydrogen) atoms. The first-order valence-electron chi connectivity index (χ1n) is 5.46. The molecule has 2 unspecified atom stereocenters. The van der Waals surface area contributed by atoms with Crippen molar-refractivity contribution < 1.29 is 13.2 Å². The Morgan fingerprint density at radius 3 is 2.35 bits per heavy atom. The zero-order valence-electron chi connectivity index (χ0n) is 9.88. The molecule has 0 radical (unpaired) electrons. The Morgan fingerprint density at radius 1 is 1.24 bits per heavy atom. The minimum Gasteiger partial charge on any atom is -0.327 e. The van der Waals surface area contributed by atoms with E-state index in [0.717, 1.165) is 6.07 Å². The standard InChI is InChI=1S/C12H17F3N2/c1-8(16)9(2)17-7-10-5-3-4-6-11(10)12(13,14)15/h3-6,8-9,17H,7,16H2,1-2H3. The Balaban J connectivity index is 2.78. The lowest BCUT2D eigenvalue weighted by Gasteiger charge is -2.19. The van der Waals surface area contributed by atoms with Gasteiger partial charge in [-0.1, -0.05) is 18.2 Å². The van der Waals surface area contributed by atoms with Gasteiger partial charge in [-0.25, -0.2) is 0 Å². The summed E-state index contributed by atoms with van der Waals surface area (Å²) in [4.78, 5) is 0. The van der Waals surface area contributed by atoms with Gasteiger partial charge >= 0.3 is 6.18 Å². The number of hydrogen-bond acceptors (Lipinski definition) is 2. The lowest BCUT2D eigenvalue weighted by Crippen LogP contribution is -2.40. The zero-order chi connectivity index (χ0) is 13.1. The molecule has 1 aromatic rings. The summed E-state index contributed by atoms with van der Waals surface area (Å²) < 4.78 is 38.0. The van der Waals surface area contributed by atoms with Crippen LogP contribution in [0, 0.1) is 0 Å². The van der Waals surface area contributed by atoms with Crippen molar-refractivity contribution in [3.63, 3.8) is 0 Å². The molecule has 0 heterocycles. The topological polar surface area (TPSA) is 38.0 Å². The first kappa shape index (κ1) is 14.0. The lowest BCUT2D eigenvalue weighted by atomic mass is 10.1. The van der Waals surface area contributed by atoms with Crippen LogP contribution < -0.4 is 11.1 Å². The maximum atomic E-state index is 12.7. The lowest BCUT2D eigenvalue weighted by molar-refractivity contribution is -0.138. The number of nitrogens with one attached hydrogen (secondary N) is 1. The molecule has 0 spiro atoms. The fraction of sp³-hybridized carbons (Fsp3) is 0.500. The molecule has 3 N–H and O–H groups in total. The van der Waals surface area contributed by atoms with E-state index in [2.05, 4.69) is 5.32 Å². The van der Waals surface area contributed by atoms with Crippen LogP contribution in [0.15, 0.2) is 24.3 Å². The number of nitrogens with two attached hydrogens (primary N) is 1. The third-order valence-electron chi connectivity index (χ3n) is 2.73. The van der Waals surface area contributed by atoms with Crippen LogP contribution in [0.5, 0.6) is 0 Å². The molecular formula is C12H17F3N2. The molecule has 1 aromatic carbocycles. The zero-order valence-corrected chi connectivity index (χ0v) is 9.88. The van der Waals surface area contributed by atoms with Gasteiger partial charge in [-0.2, -0.15) is 13.2 Å². The molecule has 0 saturated carbocycles. The predicted molar refractivity (Wildman–Crippen MR) is 61.4 cm³/mol. The highest BCUT2D eigenvalue weighted by Crippen LogP contribution is 2.31. The number of rotatable bonds is 4. The minimum absolute atomic E-state index is 0.0312. The second kappa shape index (κ2) is 5.51. The fourth-order valence-corrected chi connectivity index (χ4v) is 1.41. The van der Waals surface area contributed by atoms with E-state index in [-0.39, 0.29) is 24.2 Å². The average Bonchev–Trinajstić information content (AvgIpc) is 2.24. The quantitative estimate of drug-likeness (QED) is 0.856. The molecular weight excluding hydrogens is 229 g/mol. The monoisotopic (exact) mass is 246 g/mol. The summed E-state index contributed by atoms with van der Waals surface area (Å²) in [6, 6.07) is 5.42. The van der Waals surface area contributed by atoms with Gasteiger partial charge in [-0.3, -0.25) is 0 Å². The summed E-state index contributed by atoms with van der Waals surface area (Å²) in [5.74, 6) is 0. The number of hydrogen-bond donors (Lipinski definition) is 2. The van der Waals surface area contributed by atoms with Crippen LogP contribution in [0.25, 0.3) is 0 Å². The molecule has 0 bridgehead atoms. The van der Waals surface area contributed by atoms with Gasteiger partial charge in [0.25, 0.3) is 0 Å². The van der Waals surface area contributed by atoms with Crippen molar-refractivity contribution in [2.75, 3.05) is 0 Å². The molecule has 2 atom stereocenters. The summed E-state index contributed by atoms with van der Waals surface area (Å²) in [7, 11) is 0. The van der Waals surface area contributed by atoms with Gasteiger partial charge in [0, 0.05) is 18.6 Å². The molecule has 5 heteroatoms. The normalized spacial score (nSPS) is 15.6. The van der Waals surface area contributed by atoms with Gasteiger partial charge in [-0.05, 0) is 25.5 Å². The van der Waals surface area contributed by atoms with Crippen LogP contribution >= 0.6 is 0 Å². The smallest absolute Gasteiger partial charge is 0.327 e. The van der Waals surface area contributed by atoms with Crippen LogP contribution in [0.1, 0.15) is 25.0 Å². The van der Waals surface area contributed by atoms with Crippen LogP contribution in [-0.4, -0.2) is 12.1 Å². The predicted octanol–water partition coefficient (Wildman–Crippen LogP) is 2.53. The Morgan fingerprint density at radius 2 is 1.82 bits per heavy atom. The summed E-state index contributed by atoms with van der Waals surface area (Å²) in [5.41, 5.74) is 5.29. The van der Waals surface area contributed by atoms with Crippen molar-refractivity contribution in [2.24, 2.45) is 5.73 Å². The van der Waals surface area contributed by atoms with E-state index >= 15 is 0 Å². The molecule has 2 nitrogen and oxygen atoms in total. The maximum Gasteiger partial charge on any atom is 0.416 e. The van der Waals surface area contributed by atoms with Gasteiger partial charge in [0.1, 0.15) is 0 Å². The van der Waals surface area contributed by atoms with Crippen molar-refractivity contribution in [1.29, 1.82) is 0 Å². The van der Waals surface area contributed by atoms with Gasteiger partial charge in [-0.15, -0.1) is 0 Å². The molecule has 0 aromatic heterocycles. The highest BCUT2D eigenvalue weighted by molar-refractivity contribution is 5.29. The van der Waals surface area contributed by atoms with Gasteiger partial charge in [0.2, 0.25) is 0 Å². The van der Waals surface area contributed by atoms with Gasteiger partial charge < -0.3 is 11.1 Å². The highest BCUT2D eigenvalue weighted by atomic mass is 19.4. The molecule has 96 valence electrons. The van der Waals surface area contributed by atoms with Crippen molar-refractivity contribution >= 4 is 0 Å².